The van der Waals surface area contributed by atoms with Crippen molar-refractivity contribution in [1.29, 1.82) is 0 Å². The Morgan fingerprint density at radius 2 is 2.33 bits per heavy atom. The summed E-state index contributed by atoms with van der Waals surface area (Å²) in [6.45, 7) is 2.04. The van der Waals surface area contributed by atoms with Crippen LogP contribution in [0.15, 0.2) is 12.5 Å². The molecule has 2 aromatic rings. The maximum atomic E-state index is 9.11. The second-order valence-corrected chi connectivity index (χ2v) is 4.65. The molecule has 0 bridgehead atoms. The van der Waals surface area contributed by atoms with Gasteiger partial charge in [0, 0.05) is 6.20 Å². The van der Waals surface area contributed by atoms with Crippen molar-refractivity contribution in [2.45, 2.75) is 32.1 Å². The number of nitrogens with two attached hydrogens (primary N) is 1. The van der Waals surface area contributed by atoms with Crippen LogP contribution in [0.3, 0.4) is 0 Å². The molecule has 0 aliphatic carbocycles. The fourth-order valence-corrected chi connectivity index (χ4v) is 2.54. The van der Waals surface area contributed by atoms with Gasteiger partial charge in [-0.25, -0.2) is 9.97 Å². The minimum atomic E-state index is -0.0769. The third-order valence-electron chi connectivity index (χ3n) is 3.43. The summed E-state index contributed by atoms with van der Waals surface area (Å²) >= 11 is 0. The molecule has 2 aromatic heterocycles. The summed E-state index contributed by atoms with van der Waals surface area (Å²) in [6.07, 6.45) is 5.03. The van der Waals surface area contributed by atoms with Crippen LogP contribution in [0.25, 0.3) is 11.0 Å². The molecule has 3 rings (SSSR count). The van der Waals surface area contributed by atoms with E-state index in [0.29, 0.717) is 5.82 Å². The third kappa shape index (κ3) is 1.65. The largest absolute Gasteiger partial charge is 0.394 e. The number of aryl methyl sites for hydroxylation is 1. The Hall–Kier alpha value is -1.66. The molecule has 1 aliphatic heterocycles. The van der Waals surface area contributed by atoms with Crippen LogP contribution in [-0.4, -0.2) is 32.4 Å². The summed E-state index contributed by atoms with van der Waals surface area (Å²) in [4.78, 5) is 8.30. The molecule has 3 heterocycles. The van der Waals surface area contributed by atoms with Gasteiger partial charge in [-0.1, -0.05) is 0 Å². The summed E-state index contributed by atoms with van der Waals surface area (Å²) in [5.74, 6) is 0.493. The maximum absolute atomic E-state index is 9.11. The van der Waals surface area contributed by atoms with Crippen LogP contribution in [0.5, 0.6) is 0 Å². The first-order valence-corrected chi connectivity index (χ1v) is 6.04. The lowest BCUT2D eigenvalue weighted by atomic mass is 10.2. The van der Waals surface area contributed by atoms with Crippen molar-refractivity contribution < 1.29 is 9.84 Å². The summed E-state index contributed by atoms with van der Waals surface area (Å²) in [5, 5.41) is 10.00. The molecule has 6 heteroatoms. The van der Waals surface area contributed by atoms with E-state index in [-0.39, 0.29) is 18.9 Å². The molecule has 0 spiro atoms. The second-order valence-electron chi connectivity index (χ2n) is 4.65. The number of hydrogen-bond acceptors (Lipinski definition) is 5. The molecule has 0 amide bonds. The quantitative estimate of drug-likeness (QED) is 0.827. The van der Waals surface area contributed by atoms with Crippen molar-refractivity contribution in [3.05, 3.63) is 18.1 Å². The average Bonchev–Trinajstić information content (AvgIpc) is 2.94. The number of aromatic nitrogens is 3. The molecule has 96 valence electrons. The molecule has 0 aromatic carbocycles. The third-order valence-corrected chi connectivity index (χ3v) is 3.43. The normalized spacial score (nSPS) is 23.9. The number of nitrogen functional groups attached to an aromatic ring is 1. The van der Waals surface area contributed by atoms with Gasteiger partial charge in [-0.3, -0.25) is 0 Å². The Morgan fingerprint density at radius 1 is 1.50 bits per heavy atom. The van der Waals surface area contributed by atoms with Gasteiger partial charge in [0.05, 0.1) is 18.1 Å². The smallest absolute Gasteiger partial charge is 0.147 e. The molecule has 0 radical (unpaired) electrons. The maximum Gasteiger partial charge on any atom is 0.147 e. The van der Waals surface area contributed by atoms with Crippen LogP contribution in [0, 0.1) is 6.92 Å². The monoisotopic (exact) mass is 248 g/mol. The topological polar surface area (TPSA) is 86.2 Å². The van der Waals surface area contributed by atoms with E-state index in [1.807, 2.05) is 17.7 Å². The van der Waals surface area contributed by atoms with Crippen molar-refractivity contribution in [1.82, 2.24) is 14.5 Å². The number of ether oxygens (including phenoxy) is 1. The molecule has 2 atom stereocenters. The standard InChI is InChI=1S/C12H16N4O2/c1-7-4-16(9-3-2-8(5-17)18-9)12-10(7)11(13)14-6-15-12/h4,6,8-9,17H,2-3,5H2,1H3,(H2,13,14,15)/t8-,9?/m0/s1. The molecule has 6 nitrogen and oxygen atoms in total. The van der Waals surface area contributed by atoms with E-state index < -0.39 is 0 Å². The second kappa shape index (κ2) is 4.22. The fraction of sp³-hybridized carbons (Fsp3) is 0.500. The summed E-state index contributed by atoms with van der Waals surface area (Å²) in [7, 11) is 0. The van der Waals surface area contributed by atoms with Crippen LogP contribution < -0.4 is 5.73 Å². The van der Waals surface area contributed by atoms with Crippen LogP contribution >= 0.6 is 0 Å². The van der Waals surface area contributed by atoms with Crippen molar-refractivity contribution >= 4 is 16.9 Å². The van der Waals surface area contributed by atoms with E-state index in [1.54, 1.807) is 0 Å². The number of rotatable bonds is 2. The first kappa shape index (κ1) is 11.4. The number of aliphatic hydroxyl groups excluding tert-OH is 1. The van der Waals surface area contributed by atoms with E-state index in [2.05, 4.69) is 9.97 Å². The fourth-order valence-electron chi connectivity index (χ4n) is 2.54. The zero-order valence-corrected chi connectivity index (χ0v) is 10.2. The number of anilines is 1. The van der Waals surface area contributed by atoms with Gasteiger partial charge < -0.3 is 20.1 Å². The summed E-state index contributed by atoms with van der Waals surface area (Å²) < 4.78 is 7.75. The highest BCUT2D eigenvalue weighted by Gasteiger charge is 2.27. The Labute approximate surface area is 104 Å². The van der Waals surface area contributed by atoms with Crippen LogP contribution in [-0.2, 0) is 4.74 Å². The van der Waals surface area contributed by atoms with E-state index in [1.165, 1.54) is 6.33 Å². The highest BCUT2D eigenvalue weighted by Crippen LogP contribution is 2.33. The van der Waals surface area contributed by atoms with E-state index in [4.69, 9.17) is 15.6 Å². The Kier molecular flexibility index (Phi) is 2.68. The molecule has 1 fully saturated rings. The zero-order valence-electron chi connectivity index (χ0n) is 10.2. The zero-order chi connectivity index (χ0) is 12.7. The van der Waals surface area contributed by atoms with E-state index in [9.17, 15) is 0 Å². The predicted molar refractivity (Wildman–Crippen MR) is 66.9 cm³/mol. The van der Waals surface area contributed by atoms with Crippen LogP contribution in [0.1, 0.15) is 24.6 Å². The molecule has 1 saturated heterocycles. The average molecular weight is 248 g/mol. The van der Waals surface area contributed by atoms with Gasteiger partial charge in [0.2, 0.25) is 0 Å². The summed E-state index contributed by atoms with van der Waals surface area (Å²) in [6, 6.07) is 0. The lowest BCUT2D eigenvalue weighted by Crippen LogP contribution is -2.14. The van der Waals surface area contributed by atoms with Gasteiger partial charge in [-0.2, -0.15) is 0 Å². The van der Waals surface area contributed by atoms with Gasteiger partial charge >= 0.3 is 0 Å². The molecule has 0 saturated carbocycles. The van der Waals surface area contributed by atoms with Crippen LogP contribution in [0.2, 0.25) is 0 Å². The van der Waals surface area contributed by atoms with Crippen molar-refractivity contribution in [2.24, 2.45) is 0 Å². The van der Waals surface area contributed by atoms with Crippen molar-refractivity contribution in [3.63, 3.8) is 0 Å². The Balaban J connectivity index is 2.06. The molecule has 3 N–H and O–H groups in total. The number of aliphatic hydroxyl groups is 1. The van der Waals surface area contributed by atoms with Gasteiger partial charge in [-0.05, 0) is 25.3 Å². The number of nitrogens with zero attached hydrogens (tertiary/aromatic N) is 3. The minimum Gasteiger partial charge on any atom is -0.394 e. The van der Waals surface area contributed by atoms with Gasteiger partial charge in [0.1, 0.15) is 24.0 Å². The molecule has 1 aliphatic rings. The Morgan fingerprint density at radius 3 is 3.06 bits per heavy atom. The lowest BCUT2D eigenvalue weighted by molar-refractivity contribution is -0.0205. The lowest BCUT2D eigenvalue weighted by Gasteiger charge is -2.14. The SMILES string of the molecule is Cc1cn(C2CC[C@@H](CO)O2)c2ncnc(N)c12. The Bertz CT molecular complexity index is 581. The molecular formula is C12H16N4O2. The van der Waals surface area contributed by atoms with Gasteiger partial charge in [0.25, 0.3) is 0 Å². The van der Waals surface area contributed by atoms with Crippen molar-refractivity contribution in [3.8, 4) is 0 Å². The minimum absolute atomic E-state index is 0.0613. The highest BCUT2D eigenvalue weighted by molar-refractivity contribution is 5.89. The highest BCUT2D eigenvalue weighted by atomic mass is 16.5. The first-order valence-electron chi connectivity index (χ1n) is 6.04. The molecule has 1 unspecified atom stereocenters. The number of fused-ring (bicyclic) bond motifs is 1. The van der Waals surface area contributed by atoms with Gasteiger partial charge in [0.15, 0.2) is 0 Å². The predicted octanol–water partition coefficient (Wildman–Crippen LogP) is 0.992. The molecular weight excluding hydrogens is 232 g/mol. The van der Waals surface area contributed by atoms with E-state index in [0.717, 1.165) is 29.4 Å². The first-order chi connectivity index (χ1) is 8.70. The number of hydrogen-bond donors (Lipinski definition) is 2. The van der Waals surface area contributed by atoms with E-state index >= 15 is 0 Å². The van der Waals surface area contributed by atoms with Crippen molar-refractivity contribution in [2.75, 3.05) is 12.3 Å². The molecule has 18 heavy (non-hydrogen) atoms. The van der Waals surface area contributed by atoms with Crippen LogP contribution in [0.4, 0.5) is 5.82 Å². The summed E-state index contributed by atoms with van der Waals surface area (Å²) in [5.41, 5.74) is 7.71. The van der Waals surface area contributed by atoms with Gasteiger partial charge in [-0.15, -0.1) is 0 Å².